The number of aliphatic hydroxyl groups is 2. The van der Waals surface area contributed by atoms with Gasteiger partial charge in [-0.15, -0.1) is 0 Å². The standard InChI is InChI=1S/C22H26F2N6O3.C20H24F2N6O/c1-11(2)30-12(3)26-20-14(23)7-13(8-17(20)30)19-15(24)9-25-21(28-19)27-16-5-6-29(10-18(16)31)22(32)33-4;1-10(2)28-11(3)25-19-13(21)6-12(7-16(19)28)18-14(22)8-24-20(27-18)26-15-4-5-23-9-17(15)29/h7-9,11,16,18,31H,5-6,10H2,1-4H3,(H,25,27,28);6-8,10,15,17,23,29H,4-5,9H2,1-3H3,(H,24,26,27)/t16-,18-;15-,17-/m11/s1. The van der Waals surface area contributed by atoms with Gasteiger partial charge in [0, 0.05) is 36.3 Å². The highest BCUT2D eigenvalue weighted by Crippen LogP contribution is 2.32. The number of aliphatic hydroxyl groups excluding tert-OH is 2. The van der Waals surface area contributed by atoms with Crippen LogP contribution < -0.4 is 16.0 Å². The number of halogens is 4. The van der Waals surface area contributed by atoms with Crippen molar-refractivity contribution in [2.24, 2.45) is 0 Å². The number of aryl methyl sites for hydroxylation is 2. The number of aromatic nitrogens is 8. The van der Waals surface area contributed by atoms with Crippen molar-refractivity contribution >= 4 is 40.1 Å². The average molecular weight is 863 g/mol. The second kappa shape index (κ2) is 18.2. The molecule has 0 bridgehead atoms. The van der Waals surface area contributed by atoms with E-state index in [4.69, 9.17) is 0 Å². The van der Waals surface area contributed by atoms with Gasteiger partial charge < -0.3 is 44.9 Å². The molecule has 62 heavy (non-hydrogen) atoms. The number of hydrogen-bond donors (Lipinski definition) is 5. The van der Waals surface area contributed by atoms with E-state index in [0.29, 0.717) is 54.2 Å². The average Bonchev–Trinajstić information content (AvgIpc) is 3.76. The first-order chi connectivity index (χ1) is 29.5. The second-order valence-corrected chi connectivity index (χ2v) is 16.0. The van der Waals surface area contributed by atoms with Crippen molar-refractivity contribution in [3.05, 3.63) is 71.6 Å². The van der Waals surface area contributed by atoms with Crippen LogP contribution in [0.15, 0.2) is 36.7 Å². The molecule has 20 heteroatoms. The molecule has 2 aromatic carbocycles. The minimum absolute atomic E-state index is 0.000818. The SMILES string of the molecule is COC(=O)N1CC[C@@H](Nc2ncc(F)c(-c3cc(F)c4nc(C)n(C(C)C)c4c3)n2)[C@H](O)C1.Cc1nc2c(F)cc(-c3nc(N[C@@H]4CCNC[C@H]4O)ncc3F)cc2n1C(C)C. The Morgan fingerprint density at radius 3 is 1.66 bits per heavy atom. The summed E-state index contributed by atoms with van der Waals surface area (Å²) in [5.74, 6) is -0.799. The van der Waals surface area contributed by atoms with Crippen LogP contribution in [-0.4, -0.2) is 118 Å². The maximum atomic E-state index is 14.8. The molecule has 1 amide bonds. The lowest BCUT2D eigenvalue weighted by Gasteiger charge is -2.35. The Hall–Kier alpha value is -5.99. The van der Waals surface area contributed by atoms with Gasteiger partial charge in [0.15, 0.2) is 23.3 Å². The van der Waals surface area contributed by atoms with Crippen LogP contribution in [0, 0.1) is 37.1 Å². The van der Waals surface area contributed by atoms with Gasteiger partial charge in [0.25, 0.3) is 0 Å². The van der Waals surface area contributed by atoms with Crippen molar-refractivity contribution in [2.45, 2.75) is 90.8 Å². The number of methoxy groups -OCH3 is 1. The zero-order valence-electron chi connectivity index (χ0n) is 35.4. The summed E-state index contributed by atoms with van der Waals surface area (Å²) in [6, 6.07) is 5.24. The Balaban J connectivity index is 0.000000188. The molecule has 0 radical (unpaired) electrons. The molecular formula is C42H50F4N12O4. The van der Waals surface area contributed by atoms with Crippen LogP contribution in [0.4, 0.5) is 34.3 Å². The summed E-state index contributed by atoms with van der Waals surface area (Å²) >= 11 is 0. The molecular weight excluding hydrogens is 813 g/mol. The summed E-state index contributed by atoms with van der Waals surface area (Å²) in [6.45, 7) is 13.2. The number of nitrogens with zero attached hydrogens (tertiary/aromatic N) is 9. The van der Waals surface area contributed by atoms with Crippen LogP contribution in [0.1, 0.15) is 64.3 Å². The third-order valence-electron chi connectivity index (χ3n) is 11.0. The molecule has 8 rings (SSSR count). The van der Waals surface area contributed by atoms with Gasteiger partial charge in [0.1, 0.15) is 34.1 Å². The van der Waals surface area contributed by atoms with E-state index >= 15 is 0 Å². The van der Waals surface area contributed by atoms with Crippen LogP contribution in [0.5, 0.6) is 0 Å². The normalized spacial score (nSPS) is 19.2. The fourth-order valence-corrected chi connectivity index (χ4v) is 8.13. The molecule has 0 aliphatic carbocycles. The molecule has 6 heterocycles. The molecule has 2 aliphatic heterocycles. The van der Waals surface area contributed by atoms with Gasteiger partial charge >= 0.3 is 6.09 Å². The number of carbonyl (C=O) groups is 1. The van der Waals surface area contributed by atoms with E-state index in [0.717, 1.165) is 18.9 Å². The molecule has 16 nitrogen and oxygen atoms in total. The van der Waals surface area contributed by atoms with Gasteiger partial charge in [-0.25, -0.2) is 52.3 Å². The van der Waals surface area contributed by atoms with Crippen LogP contribution in [-0.2, 0) is 4.74 Å². The van der Waals surface area contributed by atoms with E-state index in [2.05, 4.69) is 50.6 Å². The number of rotatable bonds is 8. The minimum Gasteiger partial charge on any atom is -0.453 e. The van der Waals surface area contributed by atoms with E-state index < -0.39 is 47.6 Å². The van der Waals surface area contributed by atoms with Crippen LogP contribution in [0.25, 0.3) is 44.6 Å². The minimum atomic E-state index is -0.896. The van der Waals surface area contributed by atoms with Gasteiger partial charge in [-0.1, -0.05) is 0 Å². The van der Waals surface area contributed by atoms with Gasteiger partial charge in [0.05, 0.1) is 61.4 Å². The van der Waals surface area contributed by atoms with E-state index in [1.165, 1.54) is 24.1 Å². The van der Waals surface area contributed by atoms with Gasteiger partial charge in [-0.2, -0.15) is 0 Å². The quantitative estimate of drug-likeness (QED) is 0.111. The molecule has 0 spiro atoms. The Labute approximate surface area is 354 Å². The predicted molar refractivity (Wildman–Crippen MR) is 225 cm³/mol. The lowest BCUT2D eigenvalue weighted by molar-refractivity contribution is 0.0503. The molecule has 0 unspecified atom stereocenters. The molecule has 4 atom stereocenters. The van der Waals surface area contributed by atoms with Crippen molar-refractivity contribution < 1.29 is 37.3 Å². The summed E-state index contributed by atoms with van der Waals surface area (Å²) in [6.07, 6.45) is 1.16. The maximum Gasteiger partial charge on any atom is 0.409 e. The zero-order chi connectivity index (χ0) is 44.6. The van der Waals surface area contributed by atoms with Crippen molar-refractivity contribution in [3.63, 3.8) is 0 Å². The first-order valence-electron chi connectivity index (χ1n) is 20.4. The Morgan fingerprint density at radius 1 is 0.742 bits per heavy atom. The van der Waals surface area contributed by atoms with Crippen LogP contribution in [0.2, 0.25) is 0 Å². The van der Waals surface area contributed by atoms with E-state index in [1.807, 2.05) is 43.8 Å². The number of anilines is 2. The monoisotopic (exact) mass is 862 g/mol. The Kier molecular flexibility index (Phi) is 12.9. The Morgan fingerprint density at radius 2 is 1.23 bits per heavy atom. The lowest BCUT2D eigenvalue weighted by Crippen LogP contribution is -2.51. The van der Waals surface area contributed by atoms with Crippen molar-refractivity contribution in [1.82, 2.24) is 49.3 Å². The highest BCUT2D eigenvalue weighted by atomic mass is 19.1. The summed E-state index contributed by atoms with van der Waals surface area (Å²) in [7, 11) is 1.28. The number of benzene rings is 2. The van der Waals surface area contributed by atoms with Crippen LogP contribution >= 0.6 is 0 Å². The highest BCUT2D eigenvalue weighted by molar-refractivity contribution is 5.84. The van der Waals surface area contributed by atoms with E-state index in [9.17, 15) is 32.6 Å². The molecule has 4 aromatic heterocycles. The number of β-amino-alcohol motifs (C(OH)–C–C–N with tert-alkyl or cyclic N) is 2. The fraction of sp³-hybridized carbons (Fsp3) is 0.452. The van der Waals surface area contributed by atoms with E-state index in [-0.39, 0.29) is 64.6 Å². The number of imidazole rings is 2. The molecule has 5 N–H and O–H groups in total. The number of nitrogens with one attached hydrogen (secondary N) is 3. The molecule has 2 fully saturated rings. The number of piperidine rings is 2. The van der Waals surface area contributed by atoms with Gasteiger partial charge in [-0.3, -0.25) is 0 Å². The summed E-state index contributed by atoms with van der Waals surface area (Å²) in [5.41, 5.74) is 2.12. The largest absolute Gasteiger partial charge is 0.453 e. The van der Waals surface area contributed by atoms with Crippen molar-refractivity contribution in [3.8, 4) is 22.5 Å². The summed E-state index contributed by atoms with van der Waals surface area (Å²) in [5, 5.41) is 29.7. The number of likely N-dealkylation sites (tertiary alicyclic amines) is 1. The van der Waals surface area contributed by atoms with Crippen molar-refractivity contribution in [2.75, 3.05) is 43.9 Å². The van der Waals surface area contributed by atoms with Gasteiger partial charge in [0.2, 0.25) is 11.9 Å². The number of ether oxygens (including phenoxy) is 1. The second-order valence-electron chi connectivity index (χ2n) is 16.0. The number of amides is 1. The molecule has 0 saturated carbocycles. The zero-order valence-corrected chi connectivity index (χ0v) is 35.4. The molecule has 6 aromatic rings. The number of carbonyl (C=O) groups excluding carboxylic acids is 1. The smallest absolute Gasteiger partial charge is 0.409 e. The maximum absolute atomic E-state index is 14.8. The first-order valence-corrected chi connectivity index (χ1v) is 20.4. The first kappa shape index (κ1) is 44.1. The molecule has 330 valence electrons. The lowest BCUT2D eigenvalue weighted by atomic mass is 10.0. The molecule has 2 saturated heterocycles. The topological polar surface area (TPSA) is 193 Å². The van der Waals surface area contributed by atoms with Gasteiger partial charge in [-0.05, 0) is 85.2 Å². The molecule has 2 aliphatic rings. The van der Waals surface area contributed by atoms with Crippen LogP contribution in [0.3, 0.4) is 0 Å². The number of hydrogen-bond acceptors (Lipinski definition) is 13. The third kappa shape index (κ3) is 8.98. The number of fused-ring (bicyclic) bond motifs is 2. The Bertz CT molecular complexity index is 2600. The highest BCUT2D eigenvalue weighted by Gasteiger charge is 2.31. The predicted octanol–water partition coefficient (Wildman–Crippen LogP) is 6.07. The van der Waals surface area contributed by atoms with Crippen molar-refractivity contribution in [1.29, 1.82) is 0 Å². The summed E-state index contributed by atoms with van der Waals surface area (Å²) < 4.78 is 67.3. The third-order valence-corrected chi connectivity index (χ3v) is 11.0. The summed E-state index contributed by atoms with van der Waals surface area (Å²) in [4.78, 5) is 38.2. The van der Waals surface area contributed by atoms with E-state index in [1.54, 1.807) is 19.1 Å². The fourth-order valence-electron chi connectivity index (χ4n) is 8.13.